The van der Waals surface area contributed by atoms with Crippen LogP contribution in [0.5, 0.6) is 11.5 Å². The van der Waals surface area contributed by atoms with Crippen molar-refractivity contribution in [2.45, 2.75) is 6.04 Å². The minimum Gasteiger partial charge on any atom is -0.497 e. The van der Waals surface area contributed by atoms with Crippen molar-refractivity contribution in [1.82, 2.24) is 20.0 Å². The zero-order chi connectivity index (χ0) is 21.1. The molecule has 0 saturated carbocycles. The van der Waals surface area contributed by atoms with Crippen LogP contribution in [-0.2, 0) is 4.79 Å². The van der Waals surface area contributed by atoms with Crippen molar-refractivity contribution in [2.75, 3.05) is 54.5 Å². The summed E-state index contributed by atoms with van der Waals surface area (Å²) in [7, 11) is 7.07. The molecule has 2 aliphatic heterocycles. The topological polar surface area (TPSA) is 74.4 Å². The van der Waals surface area contributed by atoms with Crippen LogP contribution in [0, 0.1) is 0 Å². The summed E-state index contributed by atoms with van der Waals surface area (Å²) in [4.78, 5) is 31.5. The quantitative estimate of drug-likeness (QED) is 0.671. The van der Waals surface area contributed by atoms with Gasteiger partial charge >= 0.3 is 6.03 Å². The molecule has 3 rings (SSSR count). The third-order valence-electron chi connectivity index (χ3n) is 5.13. The highest BCUT2D eigenvalue weighted by Gasteiger charge is 2.43. The number of methoxy groups -OCH3 is 2. The molecule has 3 amide bonds. The van der Waals surface area contributed by atoms with Gasteiger partial charge in [-0.2, -0.15) is 0 Å². The fourth-order valence-electron chi connectivity index (χ4n) is 3.62. The predicted octanol–water partition coefficient (Wildman–Crippen LogP) is 1.61. The number of urea groups is 1. The Kier molecular flexibility index (Phi) is 6.12. The molecule has 8 nitrogen and oxygen atoms in total. The van der Waals surface area contributed by atoms with Gasteiger partial charge in [0.05, 0.1) is 38.1 Å². The molecule has 0 bridgehead atoms. The van der Waals surface area contributed by atoms with Gasteiger partial charge in [-0.3, -0.25) is 9.69 Å². The summed E-state index contributed by atoms with van der Waals surface area (Å²) in [5.41, 5.74) is 2.05. The van der Waals surface area contributed by atoms with Crippen LogP contribution in [-0.4, -0.2) is 81.1 Å². The van der Waals surface area contributed by atoms with Gasteiger partial charge in [0.1, 0.15) is 11.5 Å². The smallest absolute Gasteiger partial charge is 0.322 e. The third kappa shape index (κ3) is 4.07. The molecule has 1 atom stereocenters. The molecule has 156 valence electrons. The molecule has 1 aromatic carbocycles. The monoisotopic (exact) mass is 400 g/mol. The molecule has 1 unspecified atom stereocenters. The number of rotatable bonds is 8. The summed E-state index contributed by atoms with van der Waals surface area (Å²) >= 11 is 0. The number of benzene rings is 1. The highest BCUT2D eigenvalue weighted by atomic mass is 16.5. The molecule has 2 aliphatic rings. The van der Waals surface area contributed by atoms with Crippen LogP contribution >= 0.6 is 0 Å². The Morgan fingerprint density at radius 3 is 2.41 bits per heavy atom. The lowest BCUT2D eigenvalue weighted by atomic mass is 9.95. The van der Waals surface area contributed by atoms with E-state index < -0.39 is 6.04 Å². The Labute approximate surface area is 171 Å². The minimum atomic E-state index is -0.570. The van der Waals surface area contributed by atoms with Gasteiger partial charge in [0.15, 0.2) is 0 Å². The SMILES string of the molecule is C=CCN1C(=O)NC(c2cc(OC)cc(OC)c2)C2=C1CN(CCN(C)C)C2=O. The largest absolute Gasteiger partial charge is 0.497 e. The molecule has 0 aliphatic carbocycles. The highest BCUT2D eigenvalue weighted by molar-refractivity contribution is 6.01. The first-order valence-corrected chi connectivity index (χ1v) is 9.48. The van der Waals surface area contributed by atoms with Crippen molar-refractivity contribution in [2.24, 2.45) is 0 Å². The van der Waals surface area contributed by atoms with E-state index in [2.05, 4.69) is 11.9 Å². The molecular formula is C21H28N4O4. The first-order valence-electron chi connectivity index (χ1n) is 9.48. The normalized spacial score (nSPS) is 18.9. The zero-order valence-corrected chi connectivity index (χ0v) is 17.4. The molecule has 0 spiro atoms. The molecule has 0 saturated heterocycles. The zero-order valence-electron chi connectivity index (χ0n) is 17.4. The van der Waals surface area contributed by atoms with E-state index in [0.29, 0.717) is 36.7 Å². The van der Waals surface area contributed by atoms with Crippen LogP contribution in [0.1, 0.15) is 11.6 Å². The number of ether oxygens (including phenoxy) is 2. The summed E-state index contributed by atoms with van der Waals surface area (Å²) in [6.45, 7) is 5.81. The standard InChI is InChI=1S/C21H28N4O4/c1-6-7-25-17-13-24(9-8-23(2)3)20(26)18(17)19(22-21(25)27)14-10-15(28-4)12-16(11-14)29-5/h6,10-12,19H,1,7-9,13H2,2-5H3,(H,22,27). The van der Waals surface area contributed by atoms with E-state index in [9.17, 15) is 9.59 Å². The maximum atomic E-state index is 13.3. The van der Waals surface area contributed by atoms with Gasteiger partial charge in [-0.1, -0.05) is 6.08 Å². The summed E-state index contributed by atoms with van der Waals surface area (Å²) in [6.07, 6.45) is 1.66. The van der Waals surface area contributed by atoms with Crippen molar-refractivity contribution in [3.8, 4) is 11.5 Å². The van der Waals surface area contributed by atoms with Gasteiger partial charge in [-0.25, -0.2) is 4.79 Å². The predicted molar refractivity (Wildman–Crippen MR) is 110 cm³/mol. The summed E-state index contributed by atoms with van der Waals surface area (Å²) < 4.78 is 10.7. The Bertz CT molecular complexity index is 827. The van der Waals surface area contributed by atoms with E-state index in [4.69, 9.17) is 9.47 Å². The molecule has 0 aromatic heterocycles. The third-order valence-corrected chi connectivity index (χ3v) is 5.13. The van der Waals surface area contributed by atoms with Crippen LogP contribution in [0.25, 0.3) is 0 Å². The van der Waals surface area contributed by atoms with E-state index in [-0.39, 0.29) is 11.9 Å². The summed E-state index contributed by atoms with van der Waals surface area (Å²) in [6, 6.07) is 4.57. The van der Waals surface area contributed by atoms with Crippen molar-refractivity contribution in [3.63, 3.8) is 0 Å². The van der Waals surface area contributed by atoms with Crippen molar-refractivity contribution >= 4 is 11.9 Å². The lowest BCUT2D eigenvalue weighted by Gasteiger charge is -2.33. The van der Waals surface area contributed by atoms with Gasteiger partial charge in [-0.05, 0) is 31.8 Å². The number of hydrogen-bond acceptors (Lipinski definition) is 5. The number of nitrogens with zero attached hydrogens (tertiary/aromatic N) is 3. The van der Waals surface area contributed by atoms with Crippen LogP contribution in [0.2, 0.25) is 0 Å². The molecule has 1 N–H and O–H groups in total. The molecule has 29 heavy (non-hydrogen) atoms. The summed E-state index contributed by atoms with van der Waals surface area (Å²) in [5, 5.41) is 2.97. The molecule has 1 aromatic rings. The van der Waals surface area contributed by atoms with E-state index in [1.807, 2.05) is 31.1 Å². The highest BCUT2D eigenvalue weighted by Crippen LogP contribution is 2.38. The van der Waals surface area contributed by atoms with E-state index >= 15 is 0 Å². The Morgan fingerprint density at radius 2 is 1.86 bits per heavy atom. The number of amides is 3. The first-order chi connectivity index (χ1) is 13.9. The van der Waals surface area contributed by atoms with Gasteiger partial charge < -0.3 is 24.6 Å². The molecule has 2 heterocycles. The fraction of sp³-hybridized carbons (Fsp3) is 0.429. The molecular weight excluding hydrogens is 372 g/mol. The van der Waals surface area contributed by atoms with E-state index in [1.165, 1.54) is 0 Å². The lowest BCUT2D eigenvalue weighted by Crippen LogP contribution is -2.47. The van der Waals surface area contributed by atoms with Crippen molar-refractivity contribution < 1.29 is 19.1 Å². The summed E-state index contributed by atoms with van der Waals surface area (Å²) in [5.74, 6) is 1.13. The first kappa shape index (κ1) is 20.7. The molecule has 0 fully saturated rings. The average Bonchev–Trinajstić information content (AvgIpc) is 3.04. The van der Waals surface area contributed by atoms with Gasteiger partial charge in [0.25, 0.3) is 5.91 Å². The van der Waals surface area contributed by atoms with Gasteiger partial charge in [0.2, 0.25) is 0 Å². The molecule has 8 heteroatoms. The van der Waals surface area contributed by atoms with Gasteiger partial charge in [0, 0.05) is 25.7 Å². The minimum absolute atomic E-state index is 0.0669. The van der Waals surface area contributed by atoms with E-state index in [0.717, 1.165) is 17.8 Å². The van der Waals surface area contributed by atoms with Crippen LogP contribution in [0.3, 0.4) is 0 Å². The van der Waals surface area contributed by atoms with Crippen molar-refractivity contribution in [1.29, 1.82) is 0 Å². The average molecular weight is 400 g/mol. The maximum absolute atomic E-state index is 13.3. The van der Waals surface area contributed by atoms with Gasteiger partial charge in [-0.15, -0.1) is 6.58 Å². The second kappa shape index (κ2) is 8.57. The second-order valence-corrected chi connectivity index (χ2v) is 7.32. The number of nitrogens with one attached hydrogen (secondary N) is 1. The maximum Gasteiger partial charge on any atom is 0.322 e. The Balaban J connectivity index is 2.03. The number of carbonyl (C=O) groups is 2. The van der Waals surface area contributed by atoms with E-state index in [1.54, 1.807) is 36.2 Å². The van der Waals surface area contributed by atoms with Crippen LogP contribution in [0.15, 0.2) is 42.1 Å². The number of carbonyl (C=O) groups excluding carboxylic acids is 2. The van der Waals surface area contributed by atoms with Crippen LogP contribution < -0.4 is 14.8 Å². The number of hydrogen-bond donors (Lipinski definition) is 1. The van der Waals surface area contributed by atoms with Crippen molar-refractivity contribution in [3.05, 3.63) is 47.7 Å². The Hall–Kier alpha value is -3.00. The Morgan fingerprint density at radius 1 is 1.21 bits per heavy atom. The molecule has 0 radical (unpaired) electrons. The number of likely N-dealkylation sites (N-methyl/N-ethyl adjacent to an activating group) is 1. The lowest BCUT2D eigenvalue weighted by molar-refractivity contribution is -0.125. The van der Waals surface area contributed by atoms with Crippen LogP contribution in [0.4, 0.5) is 4.79 Å². The fourth-order valence-corrected chi connectivity index (χ4v) is 3.62. The second-order valence-electron chi connectivity index (χ2n) is 7.32.